The van der Waals surface area contributed by atoms with Crippen LogP contribution < -0.4 is 10.6 Å². The van der Waals surface area contributed by atoms with Crippen molar-refractivity contribution in [3.05, 3.63) is 18.2 Å². The molecule has 6 heterocycles. The van der Waals surface area contributed by atoms with E-state index in [1.165, 1.54) is 12.8 Å². The molecule has 9 heteroatoms. The van der Waals surface area contributed by atoms with Crippen LogP contribution in [0.15, 0.2) is 12.4 Å². The molecule has 3 aromatic rings. The second-order valence-electron chi connectivity index (χ2n) is 7.65. The van der Waals surface area contributed by atoms with E-state index in [0.29, 0.717) is 18.5 Å². The molecule has 9 nitrogen and oxygen atoms in total. The van der Waals surface area contributed by atoms with Gasteiger partial charge in [0.05, 0.1) is 12.2 Å². The number of nitrogens with two attached hydrogens (primary N) is 1. The summed E-state index contributed by atoms with van der Waals surface area (Å²) in [6.07, 6.45) is 5.81. The number of imidazole rings is 1. The maximum absolute atomic E-state index is 5.78. The summed E-state index contributed by atoms with van der Waals surface area (Å²) in [5.74, 6) is 3.48. The van der Waals surface area contributed by atoms with Crippen molar-refractivity contribution in [3.63, 3.8) is 0 Å². The Kier molecular flexibility index (Phi) is 3.03. The fourth-order valence-corrected chi connectivity index (χ4v) is 4.50. The van der Waals surface area contributed by atoms with Gasteiger partial charge in [0.25, 0.3) is 0 Å². The monoisotopic (exact) mass is 364 g/mol. The Morgan fingerprint density at radius 3 is 2.70 bits per heavy atom. The first kappa shape index (κ1) is 15.3. The third kappa shape index (κ3) is 2.18. The second kappa shape index (κ2) is 5.35. The molecule has 4 aliphatic rings. The fourth-order valence-electron chi connectivity index (χ4n) is 4.50. The summed E-state index contributed by atoms with van der Waals surface area (Å²) in [4.78, 5) is 25.3. The van der Waals surface area contributed by atoms with Gasteiger partial charge in [0.1, 0.15) is 11.9 Å². The van der Waals surface area contributed by atoms with E-state index in [9.17, 15) is 0 Å². The van der Waals surface area contributed by atoms with Gasteiger partial charge < -0.3 is 19.9 Å². The van der Waals surface area contributed by atoms with Gasteiger partial charge in [0.2, 0.25) is 5.95 Å². The molecule has 7 rings (SSSR count). The van der Waals surface area contributed by atoms with E-state index in [2.05, 4.69) is 19.4 Å². The van der Waals surface area contributed by atoms with Gasteiger partial charge in [-0.1, -0.05) is 0 Å². The molecule has 3 aromatic heterocycles. The third-order valence-electron chi connectivity index (χ3n) is 5.96. The topological polar surface area (TPSA) is 108 Å². The van der Waals surface area contributed by atoms with Gasteiger partial charge in [-0.05, 0) is 25.7 Å². The lowest BCUT2D eigenvalue weighted by molar-refractivity contribution is 0.0304. The zero-order valence-electron chi connectivity index (χ0n) is 15.0. The summed E-state index contributed by atoms with van der Waals surface area (Å²) in [5, 5.41) is 0. The van der Waals surface area contributed by atoms with Crippen molar-refractivity contribution < 1.29 is 4.74 Å². The van der Waals surface area contributed by atoms with Crippen molar-refractivity contribution in [1.82, 2.24) is 29.5 Å². The van der Waals surface area contributed by atoms with Crippen LogP contribution >= 0.6 is 0 Å². The summed E-state index contributed by atoms with van der Waals surface area (Å²) < 4.78 is 7.94. The lowest BCUT2D eigenvalue weighted by atomic mass is 9.86. The van der Waals surface area contributed by atoms with E-state index in [4.69, 9.17) is 25.4 Å². The van der Waals surface area contributed by atoms with Crippen molar-refractivity contribution in [1.29, 1.82) is 0 Å². The molecule has 0 aromatic carbocycles. The molecule has 3 aliphatic heterocycles. The highest BCUT2D eigenvalue weighted by molar-refractivity contribution is 5.87. The summed E-state index contributed by atoms with van der Waals surface area (Å²) in [6, 6.07) is 0.566. The van der Waals surface area contributed by atoms with Crippen LogP contribution in [0.5, 0.6) is 0 Å². The summed E-state index contributed by atoms with van der Waals surface area (Å²) in [7, 11) is 0. The van der Waals surface area contributed by atoms with Crippen molar-refractivity contribution in [2.75, 3.05) is 23.8 Å². The molecule has 138 valence electrons. The molecular weight excluding hydrogens is 344 g/mol. The maximum atomic E-state index is 5.78. The molecule has 0 unspecified atom stereocenters. The van der Waals surface area contributed by atoms with Gasteiger partial charge in [-0.2, -0.15) is 0 Å². The Bertz CT molecular complexity index is 1040. The Labute approximate surface area is 155 Å². The SMILES string of the molecule is C[C@H]1OCCn2c1nc1c(N3CC4CC3C4)nc(-c3cnc(N)nc3)nc12. The van der Waals surface area contributed by atoms with E-state index in [1.54, 1.807) is 12.4 Å². The molecule has 1 atom stereocenters. The predicted molar refractivity (Wildman–Crippen MR) is 99.0 cm³/mol. The van der Waals surface area contributed by atoms with Gasteiger partial charge >= 0.3 is 0 Å². The van der Waals surface area contributed by atoms with E-state index >= 15 is 0 Å². The lowest BCUT2D eigenvalue weighted by Crippen LogP contribution is -2.29. The average Bonchev–Trinajstić information content (AvgIpc) is 3.34. The highest BCUT2D eigenvalue weighted by Crippen LogP contribution is 2.44. The van der Waals surface area contributed by atoms with Crippen molar-refractivity contribution in [2.24, 2.45) is 5.92 Å². The number of ether oxygens (including phenoxy) is 1. The van der Waals surface area contributed by atoms with Crippen LogP contribution in [0.25, 0.3) is 22.6 Å². The minimum absolute atomic E-state index is 0.0450. The quantitative estimate of drug-likeness (QED) is 0.730. The van der Waals surface area contributed by atoms with Crippen LogP contribution in [0.4, 0.5) is 11.8 Å². The molecule has 27 heavy (non-hydrogen) atoms. The second-order valence-corrected chi connectivity index (χ2v) is 7.65. The number of aromatic nitrogens is 6. The van der Waals surface area contributed by atoms with Gasteiger partial charge in [0, 0.05) is 31.5 Å². The summed E-state index contributed by atoms with van der Waals surface area (Å²) >= 11 is 0. The number of hydrogen-bond donors (Lipinski definition) is 1. The number of hydrogen-bond acceptors (Lipinski definition) is 8. The standard InChI is InChI=1S/C18H20N8O/c1-9-15-22-13-16(25(15)2-3-27-9)23-14(11-6-20-18(19)21-7-11)24-17(13)26-8-10-4-12(26)5-10/h6-7,9-10,12H,2-5,8H2,1H3,(H2,19,20,21)/t9-,10?,12?/m1/s1. The minimum atomic E-state index is -0.0450. The Morgan fingerprint density at radius 2 is 1.96 bits per heavy atom. The van der Waals surface area contributed by atoms with Gasteiger partial charge in [0.15, 0.2) is 22.8 Å². The van der Waals surface area contributed by atoms with Crippen molar-refractivity contribution >= 4 is 22.9 Å². The van der Waals surface area contributed by atoms with E-state index in [-0.39, 0.29) is 12.1 Å². The van der Waals surface area contributed by atoms with Gasteiger partial charge in [-0.25, -0.2) is 24.9 Å². The molecule has 0 spiro atoms. The fraction of sp³-hybridized carbons (Fsp3) is 0.500. The minimum Gasteiger partial charge on any atom is -0.369 e. The molecule has 2 bridgehead atoms. The van der Waals surface area contributed by atoms with Gasteiger partial charge in [-0.15, -0.1) is 0 Å². The van der Waals surface area contributed by atoms with Crippen LogP contribution in [0, 0.1) is 5.92 Å². The smallest absolute Gasteiger partial charge is 0.219 e. The first-order valence-corrected chi connectivity index (χ1v) is 9.41. The lowest BCUT2D eigenvalue weighted by Gasteiger charge is -2.26. The largest absolute Gasteiger partial charge is 0.369 e. The molecule has 1 saturated carbocycles. The zero-order chi connectivity index (χ0) is 18.1. The number of nitrogen functional groups attached to an aromatic ring is 1. The van der Waals surface area contributed by atoms with Crippen LogP contribution in [0.3, 0.4) is 0 Å². The Hall–Kier alpha value is -2.81. The first-order chi connectivity index (χ1) is 13.2. The number of nitrogens with zero attached hydrogens (tertiary/aromatic N) is 7. The summed E-state index contributed by atoms with van der Waals surface area (Å²) in [5.41, 5.74) is 8.13. The normalized spacial score (nSPS) is 26.3. The predicted octanol–water partition coefficient (Wildman–Crippen LogP) is 1.56. The zero-order valence-corrected chi connectivity index (χ0v) is 15.0. The van der Waals surface area contributed by atoms with Crippen LogP contribution in [0.2, 0.25) is 0 Å². The van der Waals surface area contributed by atoms with Crippen LogP contribution in [-0.4, -0.2) is 48.7 Å². The molecule has 1 aliphatic carbocycles. The average molecular weight is 364 g/mol. The van der Waals surface area contributed by atoms with Crippen molar-refractivity contribution in [3.8, 4) is 11.4 Å². The molecule has 2 N–H and O–H groups in total. The van der Waals surface area contributed by atoms with Gasteiger partial charge in [-0.3, -0.25) is 0 Å². The Balaban J connectivity index is 1.59. The van der Waals surface area contributed by atoms with E-state index < -0.39 is 0 Å². The number of anilines is 2. The van der Waals surface area contributed by atoms with Crippen LogP contribution in [0.1, 0.15) is 31.7 Å². The highest BCUT2D eigenvalue weighted by atomic mass is 16.5. The molecule has 3 fully saturated rings. The molecule has 2 saturated heterocycles. The number of rotatable bonds is 2. The number of fused-ring (bicyclic) bond motifs is 4. The van der Waals surface area contributed by atoms with E-state index in [1.807, 2.05) is 6.92 Å². The maximum Gasteiger partial charge on any atom is 0.219 e. The first-order valence-electron chi connectivity index (χ1n) is 9.41. The molecule has 0 radical (unpaired) electrons. The highest BCUT2D eigenvalue weighted by Gasteiger charge is 2.44. The van der Waals surface area contributed by atoms with Crippen LogP contribution in [-0.2, 0) is 11.3 Å². The van der Waals surface area contributed by atoms with Crippen molar-refractivity contribution in [2.45, 2.75) is 38.5 Å². The van der Waals surface area contributed by atoms with E-state index in [0.717, 1.165) is 47.4 Å². The summed E-state index contributed by atoms with van der Waals surface area (Å²) in [6.45, 7) is 4.48. The third-order valence-corrected chi connectivity index (χ3v) is 5.96. The molecule has 0 amide bonds. The molecular formula is C18H20N8O. The Morgan fingerprint density at radius 1 is 1.15 bits per heavy atom.